The van der Waals surface area contributed by atoms with Crippen LogP contribution in [-0.2, 0) is 11.2 Å². The molecule has 1 atom stereocenters. The lowest BCUT2D eigenvalue weighted by Crippen LogP contribution is -2.27. The number of hydrogen-bond acceptors (Lipinski definition) is 2. The monoisotopic (exact) mass is 332 g/mol. The van der Waals surface area contributed by atoms with Gasteiger partial charge in [0, 0.05) is 12.3 Å². The first-order valence-corrected chi connectivity index (χ1v) is 8.81. The first kappa shape index (κ1) is 17.2. The smallest absolute Gasteiger partial charge is 0.217 e. The molecular formula is C22H24N2O. The van der Waals surface area contributed by atoms with Crippen molar-refractivity contribution in [3.8, 4) is 0 Å². The topological polar surface area (TPSA) is 42.0 Å². The fourth-order valence-electron chi connectivity index (χ4n) is 3.25. The molecule has 0 fully saturated rings. The Bertz CT molecular complexity index is 858. The Hall–Kier alpha value is -2.68. The van der Waals surface area contributed by atoms with Gasteiger partial charge in [-0.3, -0.25) is 9.78 Å². The number of rotatable bonds is 6. The Kier molecular flexibility index (Phi) is 5.44. The lowest BCUT2D eigenvalue weighted by Gasteiger charge is -2.19. The first-order valence-electron chi connectivity index (χ1n) is 8.81. The molecule has 0 aliphatic rings. The summed E-state index contributed by atoms with van der Waals surface area (Å²) >= 11 is 0. The maximum atomic E-state index is 11.7. The van der Waals surface area contributed by atoms with E-state index in [1.54, 1.807) is 6.92 Å². The molecule has 1 N–H and O–H groups in total. The van der Waals surface area contributed by atoms with Crippen LogP contribution >= 0.6 is 0 Å². The van der Waals surface area contributed by atoms with Crippen LogP contribution in [0.4, 0.5) is 0 Å². The molecule has 1 amide bonds. The van der Waals surface area contributed by atoms with Crippen molar-refractivity contribution < 1.29 is 4.79 Å². The zero-order valence-electron chi connectivity index (χ0n) is 14.8. The van der Waals surface area contributed by atoms with Crippen LogP contribution in [0.1, 0.15) is 42.6 Å². The molecule has 0 aliphatic heterocycles. The maximum Gasteiger partial charge on any atom is 0.217 e. The quantitative estimate of drug-likeness (QED) is 0.708. The highest BCUT2D eigenvalue weighted by Gasteiger charge is 2.15. The Morgan fingerprint density at radius 2 is 1.80 bits per heavy atom. The van der Waals surface area contributed by atoms with Crippen molar-refractivity contribution in [3.05, 3.63) is 77.5 Å². The molecule has 0 bridgehead atoms. The van der Waals surface area contributed by atoms with Crippen LogP contribution in [0.3, 0.4) is 0 Å². The number of pyridine rings is 1. The molecule has 2 aromatic carbocycles. The molecule has 0 radical (unpaired) electrons. The van der Waals surface area contributed by atoms with Gasteiger partial charge < -0.3 is 5.32 Å². The van der Waals surface area contributed by atoms with E-state index >= 15 is 0 Å². The van der Waals surface area contributed by atoms with E-state index in [4.69, 9.17) is 4.98 Å². The van der Waals surface area contributed by atoms with Crippen LogP contribution in [-0.4, -0.2) is 10.9 Å². The van der Waals surface area contributed by atoms with Gasteiger partial charge in [-0.1, -0.05) is 48.5 Å². The molecule has 0 spiro atoms. The zero-order chi connectivity index (χ0) is 17.6. The standard InChI is InChI=1S/C22H24N2O/c1-16-15-22(24-20-13-7-6-12-19(16)20)21(23-17(2)25)14-8-11-18-9-4-3-5-10-18/h3-7,9-10,12-13,15,21H,8,11,14H2,1-2H3,(H,23,25)/t21-/m0/s1. The summed E-state index contributed by atoms with van der Waals surface area (Å²) < 4.78 is 0. The number of aromatic nitrogens is 1. The summed E-state index contributed by atoms with van der Waals surface area (Å²) in [6.45, 7) is 3.67. The molecule has 0 unspecified atom stereocenters. The molecule has 3 nitrogen and oxygen atoms in total. The number of carbonyl (C=O) groups is 1. The fraction of sp³-hybridized carbons (Fsp3) is 0.273. The van der Waals surface area contributed by atoms with Gasteiger partial charge in [-0.25, -0.2) is 0 Å². The van der Waals surface area contributed by atoms with Gasteiger partial charge >= 0.3 is 0 Å². The number of benzene rings is 2. The molecular weight excluding hydrogens is 308 g/mol. The third-order valence-electron chi connectivity index (χ3n) is 4.48. The van der Waals surface area contributed by atoms with E-state index in [0.717, 1.165) is 35.9 Å². The van der Waals surface area contributed by atoms with Crippen molar-refractivity contribution in [1.29, 1.82) is 0 Å². The number of para-hydroxylation sites is 1. The van der Waals surface area contributed by atoms with Gasteiger partial charge in [-0.15, -0.1) is 0 Å². The summed E-state index contributed by atoms with van der Waals surface area (Å²) in [4.78, 5) is 16.5. The molecule has 0 aliphatic carbocycles. The summed E-state index contributed by atoms with van der Waals surface area (Å²) in [6.07, 6.45) is 2.88. The second-order valence-corrected chi connectivity index (χ2v) is 6.51. The number of aryl methyl sites for hydroxylation is 2. The summed E-state index contributed by atoms with van der Waals surface area (Å²) in [5.41, 5.74) is 4.45. The number of carbonyl (C=O) groups excluding carboxylic acids is 1. The molecule has 128 valence electrons. The molecule has 3 heteroatoms. The molecule has 0 saturated heterocycles. The largest absolute Gasteiger partial charge is 0.348 e. The minimum Gasteiger partial charge on any atom is -0.348 e. The van der Waals surface area contributed by atoms with Crippen LogP contribution in [0.25, 0.3) is 10.9 Å². The lowest BCUT2D eigenvalue weighted by atomic mass is 10.00. The molecule has 3 rings (SSSR count). The van der Waals surface area contributed by atoms with Crippen LogP contribution in [0.15, 0.2) is 60.7 Å². The Morgan fingerprint density at radius 1 is 1.08 bits per heavy atom. The molecule has 25 heavy (non-hydrogen) atoms. The summed E-state index contributed by atoms with van der Waals surface area (Å²) in [6, 6.07) is 20.6. The van der Waals surface area contributed by atoms with Crippen molar-refractivity contribution in [2.45, 2.75) is 39.2 Å². The zero-order valence-corrected chi connectivity index (χ0v) is 14.8. The molecule has 0 saturated carbocycles. The molecule has 3 aromatic rings. The van der Waals surface area contributed by atoms with Crippen LogP contribution < -0.4 is 5.32 Å². The van der Waals surface area contributed by atoms with E-state index in [1.165, 1.54) is 11.1 Å². The fourth-order valence-corrected chi connectivity index (χ4v) is 3.25. The van der Waals surface area contributed by atoms with Gasteiger partial charge in [0.05, 0.1) is 17.3 Å². The SMILES string of the molecule is CC(=O)N[C@@H](CCCc1ccccc1)c1cc(C)c2ccccc2n1. The van der Waals surface area contributed by atoms with Gasteiger partial charge in [0.25, 0.3) is 0 Å². The van der Waals surface area contributed by atoms with Crippen LogP contribution in [0.5, 0.6) is 0 Å². The van der Waals surface area contributed by atoms with E-state index < -0.39 is 0 Å². The summed E-state index contributed by atoms with van der Waals surface area (Å²) in [5, 5.41) is 4.24. The van der Waals surface area contributed by atoms with E-state index in [9.17, 15) is 4.79 Å². The number of nitrogens with zero attached hydrogens (tertiary/aromatic N) is 1. The van der Waals surface area contributed by atoms with Gasteiger partial charge in [0.1, 0.15) is 0 Å². The van der Waals surface area contributed by atoms with E-state index in [2.05, 4.69) is 48.6 Å². The highest BCUT2D eigenvalue weighted by atomic mass is 16.1. The predicted molar refractivity (Wildman–Crippen MR) is 102 cm³/mol. The molecule has 1 heterocycles. The van der Waals surface area contributed by atoms with Gasteiger partial charge in [-0.2, -0.15) is 0 Å². The first-order chi connectivity index (χ1) is 12.1. The minimum absolute atomic E-state index is 0.0164. The van der Waals surface area contributed by atoms with Gasteiger partial charge in [0.15, 0.2) is 0 Å². The van der Waals surface area contributed by atoms with Crippen molar-refractivity contribution in [3.63, 3.8) is 0 Å². The number of hydrogen-bond donors (Lipinski definition) is 1. The van der Waals surface area contributed by atoms with Gasteiger partial charge in [0.2, 0.25) is 5.91 Å². The maximum absolute atomic E-state index is 11.7. The number of fused-ring (bicyclic) bond motifs is 1. The third-order valence-corrected chi connectivity index (χ3v) is 4.48. The Morgan fingerprint density at radius 3 is 2.56 bits per heavy atom. The molecule has 1 aromatic heterocycles. The number of nitrogens with one attached hydrogen (secondary N) is 1. The van der Waals surface area contributed by atoms with Crippen LogP contribution in [0.2, 0.25) is 0 Å². The van der Waals surface area contributed by atoms with Crippen molar-refractivity contribution in [2.75, 3.05) is 0 Å². The van der Waals surface area contributed by atoms with Crippen molar-refractivity contribution in [1.82, 2.24) is 10.3 Å². The van der Waals surface area contributed by atoms with Gasteiger partial charge in [-0.05, 0) is 49.4 Å². The Labute approximate surface area is 149 Å². The summed E-state index contributed by atoms with van der Waals surface area (Å²) in [7, 11) is 0. The van der Waals surface area contributed by atoms with Crippen molar-refractivity contribution in [2.24, 2.45) is 0 Å². The Balaban J connectivity index is 1.79. The third kappa shape index (κ3) is 4.44. The summed E-state index contributed by atoms with van der Waals surface area (Å²) in [5.74, 6) is -0.0164. The minimum atomic E-state index is -0.0514. The van der Waals surface area contributed by atoms with Crippen LogP contribution in [0, 0.1) is 6.92 Å². The highest BCUT2D eigenvalue weighted by molar-refractivity contribution is 5.82. The normalized spacial score (nSPS) is 12.1. The van der Waals surface area contributed by atoms with E-state index in [1.807, 2.05) is 24.3 Å². The average molecular weight is 332 g/mol. The van der Waals surface area contributed by atoms with Crippen molar-refractivity contribution >= 4 is 16.8 Å². The number of amides is 1. The predicted octanol–water partition coefficient (Wildman–Crippen LogP) is 4.74. The highest BCUT2D eigenvalue weighted by Crippen LogP contribution is 2.24. The second-order valence-electron chi connectivity index (χ2n) is 6.51. The second kappa shape index (κ2) is 7.93. The lowest BCUT2D eigenvalue weighted by molar-refractivity contribution is -0.119. The van der Waals surface area contributed by atoms with E-state index in [-0.39, 0.29) is 11.9 Å². The van der Waals surface area contributed by atoms with E-state index in [0.29, 0.717) is 0 Å². The average Bonchev–Trinajstić information content (AvgIpc) is 2.61.